The van der Waals surface area contributed by atoms with Gasteiger partial charge in [-0.25, -0.2) is 4.39 Å². The molecule has 0 heterocycles. The zero-order valence-corrected chi connectivity index (χ0v) is 8.97. The van der Waals surface area contributed by atoms with E-state index in [-0.39, 0.29) is 6.42 Å². The van der Waals surface area contributed by atoms with E-state index in [1.807, 2.05) is 0 Å². The highest BCUT2D eigenvalue weighted by atomic mass is 19.4. The zero-order valence-electron chi connectivity index (χ0n) is 8.97. The minimum atomic E-state index is -5.93. The molecule has 0 bridgehead atoms. The van der Waals surface area contributed by atoms with Gasteiger partial charge in [-0.1, -0.05) is 25.6 Å². The maximum Gasteiger partial charge on any atom is 0.431 e. The Balaban J connectivity index is 4.44. The van der Waals surface area contributed by atoms with E-state index in [1.165, 1.54) is 0 Å². The van der Waals surface area contributed by atoms with E-state index >= 15 is 0 Å². The first kappa shape index (κ1) is 16.6. The van der Waals surface area contributed by atoms with Crippen molar-refractivity contribution in [3.8, 4) is 0 Å². The predicted octanol–water partition coefficient (Wildman–Crippen LogP) is 4.36. The van der Waals surface area contributed by atoms with Gasteiger partial charge >= 0.3 is 12.4 Å². The van der Waals surface area contributed by atoms with Crippen molar-refractivity contribution in [3.63, 3.8) is 0 Å². The van der Waals surface area contributed by atoms with Gasteiger partial charge in [-0.2, -0.15) is 26.3 Å². The first-order valence-corrected chi connectivity index (χ1v) is 5.08. The molecule has 0 amide bonds. The Labute approximate surface area is 96.0 Å². The Kier molecular flexibility index (Phi) is 5.80. The number of hydrogen-bond donors (Lipinski definition) is 0. The normalized spacial score (nSPS) is 14.1. The second-order valence-corrected chi connectivity index (χ2v) is 3.75. The highest BCUT2D eigenvalue weighted by Crippen LogP contribution is 2.49. The van der Waals surface area contributed by atoms with Crippen LogP contribution in [0.15, 0.2) is 0 Å². The second kappa shape index (κ2) is 5.95. The van der Waals surface area contributed by atoms with Gasteiger partial charge in [0.15, 0.2) is 0 Å². The minimum absolute atomic E-state index is 0.0923. The van der Waals surface area contributed by atoms with Crippen LogP contribution in [0.25, 0.3) is 0 Å². The van der Waals surface area contributed by atoms with E-state index in [0.717, 1.165) is 0 Å². The van der Waals surface area contributed by atoms with Crippen molar-refractivity contribution < 1.29 is 30.7 Å². The van der Waals surface area contributed by atoms with Crippen LogP contribution in [0, 0.1) is 0 Å². The molecule has 0 saturated heterocycles. The van der Waals surface area contributed by atoms with Gasteiger partial charge in [0.25, 0.3) is 5.67 Å². The van der Waals surface area contributed by atoms with Crippen molar-refractivity contribution in [3.05, 3.63) is 0 Å². The van der Waals surface area contributed by atoms with Crippen molar-refractivity contribution in [1.29, 1.82) is 0 Å². The molecule has 0 aliphatic heterocycles. The molecule has 17 heavy (non-hydrogen) atoms. The van der Waals surface area contributed by atoms with Crippen LogP contribution in [0.1, 0.15) is 32.1 Å². The van der Waals surface area contributed by atoms with Crippen molar-refractivity contribution in [1.82, 2.24) is 0 Å². The van der Waals surface area contributed by atoms with E-state index in [1.54, 1.807) is 0 Å². The molecule has 2 radical (unpaired) electrons. The van der Waals surface area contributed by atoms with E-state index in [9.17, 15) is 30.7 Å². The van der Waals surface area contributed by atoms with E-state index < -0.39 is 30.9 Å². The molecule has 8 heteroatoms. The van der Waals surface area contributed by atoms with Gasteiger partial charge in [0.1, 0.15) is 0 Å². The highest BCUT2D eigenvalue weighted by molar-refractivity contribution is 6.08. The second-order valence-electron chi connectivity index (χ2n) is 3.75. The van der Waals surface area contributed by atoms with Crippen LogP contribution in [0.5, 0.6) is 0 Å². The molecule has 100 valence electrons. The maximum atomic E-state index is 13.0. The van der Waals surface area contributed by atoms with E-state index in [4.69, 9.17) is 7.85 Å². The molecule has 0 saturated carbocycles. The van der Waals surface area contributed by atoms with Crippen LogP contribution in [0.3, 0.4) is 0 Å². The third-order valence-corrected chi connectivity index (χ3v) is 2.37. The summed E-state index contributed by atoms with van der Waals surface area (Å²) in [6.07, 6.45) is -12.6. The molecular weight excluding hydrogens is 252 g/mol. The van der Waals surface area contributed by atoms with Crippen LogP contribution < -0.4 is 0 Å². The standard InChI is InChI=1S/C9H12BF7/c10-6-4-2-1-3-5-7(11,8(12,13)14)9(15,16)17/h1-6H2. The minimum Gasteiger partial charge on any atom is -0.224 e. The molecular formula is C9H12BF7. The number of alkyl halides is 7. The lowest BCUT2D eigenvalue weighted by Gasteiger charge is -2.29. The summed E-state index contributed by atoms with van der Waals surface area (Å²) in [5.41, 5.74) is -5.11. The Morgan fingerprint density at radius 3 is 1.41 bits per heavy atom. The number of unbranched alkanes of at least 4 members (excludes halogenated alkanes) is 3. The molecule has 0 N–H and O–H groups in total. The summed E-state index contributed by atoms with van der Waals surface area (Å²) in [4.78, 5) is 0. The van der Waals surface area contributed by atoms with Crippen LogP contribution in [0.2, 0.25) is 6.32 Å². The fourth-order valence-electron chi connectivity index (χ4n) is 1.31. The lowest BCUT2D eigenvalue weighted by atomic mass is 9.94. The summed E-state index contributed by atoms with van der Waals surface area (Å²) in [5.74, 6) is 0. The smallest absolute Gasteiger partial charge is 0.224 e. The van der Waals surface area contributed by atoms with Crippen LogP contribution in [0.4, 0.5) is 30.7 Å². The maximum absolute atomic E-state index is 13.0. The molecule has 0 aromatic rings. The molecule has 0 fully saturated rings. The lowest BCUT2D eigenvalue weighted by molar-refractivity contribution is -0.343. The fourth-order valence-corrected chi connectivity index (χ4v) is 1.31. The molecule has 0 aromatic heterocycles. The van der Waals surface area contributed by atoms with Crippen LogP contribution >= 0.6 is 0 Å². The fraction of sp³-hybridized carbons (Fsp3) is 1.00. The molecule has 0 rings (SSSR count). The largest absolute Gasteiger partial charge is 0.431 e. The average molecular weight is 264 g/mol. The Hall–Kier alpha value is -0.425. The van der Waals surface area contributed by atoms with Crippen molar-refractivity contribution >= 4 is 7.85 Å². The number of rotatable bonds is 6. The molecule has 0 aromatic carbocycles. The van der Waals surface area contributed by atoms with Gasteiger partial charge in [-0.15, -0.1) is 0 Å². The predicted molar refractivity (Wildman–Crippen MR) is 49.6 cm³/mol. The van der Waals surface area contributed by atoms with Crippen molar-refractivity contribution in [2.45, 2.75) is 56.4 Å². The van der Waals surface area contributed by atoms with Gasteiger partial charge in [0.05, 0.1) is 7.85 Å². The third kappa shape index (κ3) is 4.39. The van der Waals surface area contributed by atoms with Gasteiger partial charge < -0.3 is 0 Å². The Morgan fingerprint density at radius 2 is 1.06 bits per heavy atom. The van der Waals surface area contributed by atoms with Crippen molar-refractivity contribution in [2.24, 2.45) is 0 Å². The molecule has 0 unspecified atom stereocenters. The van der Waals surface area contributed by atoms with Gasteiger partial charge in [0.2, 0.25) is 0 Å². The monoisotopic (exact) mass is 264 g/mol. The summed E-state index contributed by atoms with van der Waals surface area (Å²) in [6, 6.07) is 0. The SMILES string of the molecule is [B]CCCCCCC(F)(C(F)(F)F)C(F)(F)F. The zero-order chi connectivity index (χ0) is 13.7. The summed E-state index contributed by atoms with van der Waals surface area (Å²) in [5, 5.41) is 0. The molecule has 0 aliphatic rings. The average Bonchev–Trinajstić information content (AvgIpc) is 2.13. The first-order chi connectivity index (χ1) is 7.56. The van der Waals surface area contributed by atoms with Crippen molar-refractivity contribution in [2.75, 3.05) is 0 Å². The summed E-state index contributed by atoms with van der Waals surface area (Å²) in [7, 11) is 5.10. The lowest BCUT2D eigenvalue weighted by Crippen LogP contribution is -2.53. The highest BCUT2D eigenvalue weighted by Gasteiger charge is 2.71. The van der Waals surface area contributed by atoms with Gasteiger partial charge in [-0.05, 0) is 12.8 Å². The van der Waals surface area contributed by atoms with E-state index in [2.05, 4.69) is 0 Å². The summed E-state index contributed by atoms with van der Waals surface area (Å²) in [6.45, 7) is 0. The number of hydrogen-bond acceptors (Lipinski definition) is 0. The van der Waals surface area contributed by atoms with Gasteiger partial charge in [0, 0.05) is 0 Å². The number of halogens is 7. The van der Waals surface area contributed by atoms with E-state index in [0.29, 0.717) is 19.2 Å². The summed E-state index contributed by atoms with van der Waals surface area (Å²) >= 11 is 0. The summed E-state index contributed by atoms with van der Waals surface area (Å²) < 4.78 is 85.4. The molecule has 0 atom stereocenters. The van der Waals surface area contributed by atoms with Gasteiger partial charge in [-0.3, -0.25) is 0 Å². The molecule has 0 spiro atoms. The molecule has 0 nitrogen and oxygen atoms in total. The Morgan fingerprint density at radius 1 is 0.647 bits per heavy atom. The molecule has 0 aliphatic carbocycles. The van der Waals surface area contributed by atoms with Crippen LogP contribution in [-0.2, 0) is 0 Å². The Bertz CT molecular complexity index is 206. The first-order valence-electron chi connectivity index (χ1n) is 5.08. The topological polar surface area (TPSA) is 0 Å². The quantitative estimate of drug-likeness (QED) is 0.380. The van der Waals surface area contributed by atoms with Crippen LogP contribution in [-0.4, -0.2) is 25.9 Å². The third-order valence-electron chi connectivity index (χ3n) is 2.37.